The molecule has 1 N–H and O–H groups in total. The van der Waals surface area contributed by atoms with Gasteiger partial charge in [0.1, 0.15) is 5.82 Å². The number of aryl methyl sites for hydroxylation is 2. The van der Waals surface area contributed by atoms with E-state index in [-0.39, 0.29) is 0 Å². The quantitative estimate of drug-likeness (QED) is 0.881. The Morgan fingerprint density at radius 2 is 1.90 bits per heavy atom. The number of nitrogens with zero attached hydrogens (tertiary/aromatic N) is 3. The number of hydrogen-bond donors (Lipinski definition) is 1. The van der Waals surface area contributed by atoms with E-state index in [0.717, 1.165) is 23.0 Å². The third kappa shape index (κ3) is 3.56. The SMILES string of the molecule is Cc1ccccc1-n1c(C)nnc1SCC(O)C(F)(F)F. The van der Waals surface area contributed by atoms with E-state index in [1.54, 1.807) is 11.5 Å². The molecular weight excluding hydrogens is 303 g/mol. The average Bonchev–Trinajstić information content (AvgIpc) is 2.77. The lowest BCUT2D eigenvalue weighted by Gasteiger charge is -2.15. The first kappa shape index (κ1) is 15.8. The van der Waals surface area contributed by atoms with Crippen LogP contribution in [0.3, 0.4) is 0 Å². The van der Waals surface area contributed by atoms with Gasteiger partial charge in [-0.15, -0.1) is 10.2 Å². The Balaban J connectivity index is 2.26. The zero-order chi connectivity index (χ0) is 15.6. The second-order valence-corrected chi connectivity index (χ2v) is 5.51. The van der Waals surface area contributed by atoms with Crippen LogP contribution < -0.4 is 0 Å². The molecule has 0 aliphatic rings. The molecule has 0 fully saturated rings. The van der Waals surface area contributed by atoms with Crippen LogP contribution >= 0.6 is 11.8 Å². The number of thioether (sulfide) groups is 1. The topological polar surface area (TPSA) is 50.9 Å². The second kappa shape index (κ2) is 6.07. The fourth-order valence-corrected chi connectivity index (χ4v) is 2.73. The molecule has 0 saturated carbocycles. The molecular formula is C13H14F3N3OS. The van der Waals surface area contributed by atoms with Crippen molar-refractivity contribution < 1.29 is 18.3 Å². The van der Waals surface area contributed by atoms with Crippen molar-refractivity contribution in [1.29, 1.82) is 0 Å². The minimum absolute atomic E-state index is 0.324. The molecule has 21 heavy (non-hydrogen) atoms. The Morgan fingerprint density at radius 3 is 2.52 bits per heavy atom. The minimum atomic E-state index is -4.63. The number of para-hydroxylation sites is 1. The largest absolute Gasteiger partial charge is 0.415 e. The van der Waals surface area contributed by atoms with Gasteiger partial charge < -0.3 is 5.11 Å². The lowest BCUT2D eigenvalue weighted by atomic mass is 10.2. The van der Waals surface area contributed by atoms with Gasteiger partial charge in [-0.2, -0.15) is 13.2 Å². The van der Waals surface area contributed by atoms with Crippen molar-refractivity contribution in [3.63, 3.8) is 0 Å². The molecule has 2 rings (SSSR count). The maximum atomic E-state index is 12.3. The molecule has 0 spiro atoms. The van der Waals surface area contributed by atoms with Crippen molar-refractivity contribution in [3.8, 4) is 5.69 Å². The van der Waals surface area contributed by atoms with Crippen LogP contribution in [-0.2, 0) is 0 Å². The molecule has 0 bridgehead atoms. The highest BCUT2D eigenvalue weighted by Gasteiger charge is 2.38. The molecule has 114 valence electrons. The van der Waals surface area contributed by atoms with E-state index in [1.807, 2.05) is 31.2 Å². The van der Waals surface area contributed by atoms with Crippen LogP contribution in [0.4, 0.5) is 13.2 Å². The smallest absolute Gasteiger partial charge is 0.383 e. The summed E-state index contributed by atoms with van der Waals surface area (Å²) in [5, 5.41) is 17.2. The molecule has 1 unspecified atom stereocenters. The van der Waals surface area contributed by atoms with Crippen molar-refractivity contribution in [2.24, 2.45) is 0 Å². The van der Waals surface area contributed by atoms with E-state index < -0.39 is 18.0 Å². The highest BCUT2D eigenvalue weighted by Crippen LogP contribution is 2.28. The summed E-state index contributed by atoms with van der Waals surface area (Å²) in [6, 6.07) is 7.45. The molecule has 2 aromatic rings. The first-order valence-electron chi connectivity index (χ1n) is 6.16. The standard InChI is InChI=1S/C13H14F3N3OS/c1-8-5-3-4-6-10(8)19-9(2)17-18-12(19)21-7-11(20)13(14,15)16/h3-6,11,20H,7H2,1-2H3. The van der Waals surface area contributed by atoms with Crippen LogP contribution in [0.1, 0.15) is 11.4 Å². The zero-order valence-electron chi connectivity index (χ0n) is 11.4. The summed E-state index contributed by atoms with van der Waals surface area (Å²) in [7, 11) is 0. The van der Waals surface area contributed by atoms with Crippen LogP contribution in [0, 0.1) is 13.8 Å². The van der Waals surface area contributed by atoms with Gasteiger partial charge in [0.25, 0.3) is 0 Å². The van der Waals surface area contributed by atoms with Gasteiger partial charge in [0, 0.05) is 5.75 Å². The third-order valence-corrected chi connectivity index (χ3v) is 3.90. The van der Waals surface area contributed by atoms with Crippen molar-refractivity contribution in [1.82, 2.24) is 14.8 Å². The third-order valence-electron chi connectivity index (χ3n) is 2.90. The van der Waals surface area contributed by atoms with Crippen LogP contribution in [0.2, 0.25) is 0 Å². The van der Waals surface area contributed by atoms with Crippen LogP contribution in [-0.4, -0.2) is 37.9 Å². The first-order valence-corrected chi connectivity index (χ1v) is 7.15. The summed E-state index contributed by atoms with van der Waals surface area (Å²) in [5.74, 6) is 0.0568. The van der Waals surface area contributed by atoms with Gasteiger partial charge in [-0.05, 0) is 25.5 Å². The van der Waals surface area contributed by atoms with Crippen LogP contribution in [0.15, 0.2) is 29.4 Å². The Hall–Kier alpha value is -1.54. The predicted octanol–water partition coefficient (Wildman–Crippen LogP) is 2.90. The Labute approximate surface area is 124 Å². The van der Waals surface area contributed by atoms with Gasteiger partial charge in [0.2, 0.25) is 0 Å². The van der Waals surface area contributed by atoms with E-state index >= 15 is 0 Å². The molecule has 0 radical (unpaired) electrons. The number of benzene rings is 1. The monoisotopic (exact) mass is 317 g/mol. The Morgan fingerprint density at radius 1 is 1.24 bits per heavy atom. The molecule has 0 saturated heterocycles. The van der Waals surface area contributed by atoms with Gasteiger partial charge in [-0.3, -0.25) is 4.57 Å². The molecule has 1 aromatic carbocycles. The van der Waals surface area contributed by atoms with E-state index in [0.29, 0.717) is 11.0 Å². The summed E-state index contributed by atoms with van der Waals surface area (Å²) in [6.07, 6.45) is -7.01. The average molecular weight is 317 g/mol. The predicted molar refractivity (Wildman–Crippen MR) is 73.6 cm³/mol. The van der Waals surface area contributed by atoms with Crippen LogP contribution in [0.5, 0.6) is 0 Å². The number of alkyl halides is 3. The number of halogens is 3. The van der Waals surface area contributed by atoms with Crippen molar-refractivity contribution >= 4 is 11.8 Å². The summed E-state index contributed by atoms with van der Waals surface area (Å²) in [5.41, 5.74) is 1.77. The highest BCUT2D eigenvalue weighted by molar-refractivity contribution is 7.99. The minimum Gasteiger partial charge on any atom is -0.383 e. The first-order chi connectivity index (χ1) is 9.80. The summed E-state index contributed by atoms with van der Waals surface area (Å²) >= 11 is 0.826. The Kier molecular flexibility index (Phi) is 4.58. The van der Waals surface area contributed by atoms with Gasteiger partial charge in [0.05, 0.1) is 5.69 Å². The van der Waals surface area contributed by atoms with E-state index in [9.17, 15) is 13.2 Å². The molecule has 0 amide bonds. The lowest BCUT2D eigenvalue weighted by molar-refractivity contribution is -0.195. The lowest BCUT2D eigenvalue weighted by Crippen LogP contribution is -2.30. The maximum Gasteiger partial charge on any atom is 0.415 e. The molecule has 0 aliphatic carbocycles. The van der Waals surface area contributed by atoms with Gasteiger partial charge >= 0.3 is 6.18 Å². The number of hydrogen-bond acceptors (Lipinski definition) is 4. The number of aliphatic hydroxyl groups excluding tert-OH is 1. The van der Waals surface area contributed by atoms with Crippen molar-refractivity contribution in [2.75, 3.05) is 5.75 Å². The van der Waals surface area contributed by atoms with E-state index in [1.165, 1.54) is 0 Å². The molecule has 4 nitrogen and oxygen atoms in total. The highest BCUT2D eigenvalue weighted by atomic mass is 32.2. The number of aromatic nitrogens is 3. The summed E-state index contributed by atoms with van der Waals surface area (Å²) in [4.78, 5) is 0. The van der Waals surface area contributed by atoms with Crippen LogP contribution in [0.25, 0.3) is 5.69 Å². The Bertz CT molecular complexity index is 627. The fraction of sp³-hybridized carbons (Fsp3) is 0.385. The van der Waals surface area contributed by atoms with E-state index in [4.69, 9.17) is 5.11 Å². The maximum absolute atomic E-state index is 12.3. The van der Waals surface area contributed by atoms with Crippen molar-refractivity contribution in [3.05, 3.63) is 35.7 Å². The molecule has 1 aromatic heterocycles. The zero-order valence-corrected chi connectivity index (χ0v) is 12.2. The molecule has 8 heteroatoms. The van der Waals surface area contributed by atoms with Gasteiger partial charge in [-0.1, -0.05) is 30.0 Å². The summed E-state index contributed by atoms with van der Waals surface area (Å²) < 4.78 is 38.7. The summed E-state index contributed by atoms with van der Waals surface area (Å²) in [6.45, 7) is 3.62. The molecule has 1 atom stereocenters. The number of rotatable bonds is 4. The van der Waals surface area contributed by atoms with Crippen molar-refractivity contribution in [2.45, 2.75) is 31.3 Å². The number of aliphatic hydroxyl groups is 1. The normalized spacial score (nSPS) is 13.4. The molecule has 0 aliphatic heterocycles. The van der Waals surface area contributed by atoms with Gasteiger partial charge in [0.15, 0.2) is 11.3 Å². The van der Waals surface area contributed by atoms with E-state index in [2.05, 4.69) is 10.2 Å². The van der Waals surface area contributed by atoms with Gasteiger partial charge in [-0.25, -0.2) is 0 Å². The fourth-order valence-electron chi connectivity index (χ4n) is 1.78. The molecule has 1 heterocycles. The second-order valence-electron chi connectivity index (χ2n) is 4.52.